The summed E-state index contributed by atoms with van der Waals surface area (Å²) in [6.07, 6.45) is 3.18. The maximum atomic E-state index is 13.9. The molecule has 1 saturated carbocycles. The SMILES string of the molecule is COc1cccc(C2(O)CCCC2)c1F. The topological polar surface area (TPSA) is 29.5 Å². The summed E-state index contributed by atoms with van der Waals surface area (Å²) in [6, 6.07) is 4.92. The molecule has 0 heterocycles. The molecule has 0 atom stereocenters. The maximum Gasteiger partial charge on any atom is 0.171 e. The van der Waals surface area contributed by atoms with Crippen molar-refractivity contribution in [2.45, 2.75) is 31.3 Å². The first-order chi connectivity index (χ1) is 7.17. The molecule has 1 fully saturated rings. The van der Waals surface area contributed by atoms with Gasteiger partial charge in [0.05, 0.1) is 12.7 Å². The number of aliphatic hydroxyl groups is 1. The third-order valence-corrected chi connectivity index (χ3v) is 3.12. The van der Waals surface area contributed by atoms with E-state index >= 15 is 0 Å². The van der Waals surface area contributed by atoms with Crippen LogP contribution in [0.15, 0.2) is 18.2 Å². The van der Waals surface area contributed by atoms with Crippen molar-refractivity contribution >= 4 is 0 Å². The lowest BCUT2D eigenvalue weighted by Crippen LogP contribution is -2.22. The van der Waals surface area contributed by atoms with Crippen LogP contribution < -0.4 is 4.74 Å². The van der Waals surface area contributed by atoms with Crippen LogP contribution in [0.3, 0.4) is 0 Å². The summed E-state index contributed by atoms with van der Waals surface area (Å²) in [5.41, 5.74) is -0.613. The third kappa shape index (κ3) is 1.72. The molecule has 0 unspecified atom stereocenters. The summed E-state index contributed by atoms with van der Waals surface area (Å²) < 4.78 is 18.8. The van der Waals surface area contributed by atoms with Gasteiger partial charge in [-0.3, -0.25) is 0 Å². The first kappa shape index (κ1) is 10.4. The van der Waals surface area contributed by atoms with E-state index in [4.69, 9.17) is 4.74 Å². The van der Waals surface area contributed by atoms with E-state index in [1.807, 2.05) is 0 Å². The van der Waals surface area contributed by atoms with Crippen molar-refractivity contribution < 1.29 is 14.2 Å². The minimum Gasteiger partial charge on any atom is -0.494 e. The van der Waals surface area contributed by atoms with Crippen LogP contribution in [-0.4, -0.2) is 12.2 Å². The van der Waals surface area contributed by atoms with Crippen LogP contribution in [0.2, 0.25) is 0 Å². The highest BCUT2D eigenvalue weighted by Gasteiger charge is 2.36. The Hall–Kier alpha value is -1.09. The Labute approximate surface area is 88.7 Å². The fraction of sp³-hybridized carbons (Fsp3) is 0.500. The zero-order valence-electron chi connectivity index (χ0n) is 8.79. The number of ether oxygens (including phenoxy) is 1. The lowest BCUT2D eigenvalue weighted by Gasteiger charge is -2.23. The summed E-state index contributed by atoms with van der Waals surface area (Å²) in [6.45, 7) is 0. The number of benzene rings is 1. The van der Waals surface area contributed by atoms with Crippen molar-refractivity contribution in [2.75, 3.05) is 7.11 Å². The zero-order valence-corrected chi connectivity index (χ0v) is 8.79. The van der Waals surface area contributed by atoms with Crippen LogP contribution in [-0.2, 0) is 5.60 Å². The lowest BCUT2D eigenvalue weighted by atomic mass is 9.91. The average molecular weight is 210 g/mol. The second-order valence-electron chi connectivity index (χ2n) is 4.06. The molecule has 3 heteroatoms. The highest BCUT2D eigenvalue weighted by molar-refractivity contribution is 5.35. The summed E-state index contributed by atoms with van der Waals surface area (Å²) in [5, 5.41) is 10.3. The molecule has 1 aromatic carbocycles. The Balaban J connectivity index is 2.43. The second kappa shape index (κ2) is 3.81. The summed E-state index contributed by atoms with van der Waals surface area (Å²) in [7, 11) is 1.43. The molecule has 0 bridgehead atoms. The van der Waals surface area contributed by atoms with Gasteiger partial charge in [-0.25, -0.2) is 4.39 Å². The number of methoxy groups -OCH3 is 1. The van der Waals surface area contributed by atoms with Crippen molar-refractivity contribution in [3.8, 4) is 5.75 Å². The van der Waals surface area contributed by atoms with E-state index in [9.17, 15) is 9.50 Å². The molecular formula is C12H15FO2. The van der Waals surface area contributed by atoms with E-state index in [0.717, 1.165) is 12.8 Å². The zero-order chi connectivity index (χ0) is 10.9. The first-order valence-electron chi connectivity index (χ1n) is 5.23. The molecule has 2 rings (SSSR count). The van der Waals surface area contributed by atoms with Crippen LogP contribution in [0.5, 0.6) is 5.75 Å². The van der Waals surface area contributed by atoms with E-state index in [-0.39, 0.29) is 5.75 Å². The monoisotopic (exact) mass is 210 g/mol. The van der Waals surface area contributed by atoms with E-state index in [1.54, 1.807) is 18.2 Å². The molecule has 0 saturated heterocycles. The van der Waals surface area contributed by atoms with E-state index in [2.05, 4.69) is 0 Å². The first-order valence-corrected chi connectivity index (χ1v) is 5.23. The van der Waals surface area contributed by atoms with Gasteiger partial charge in [0.2, 0.25) is 0 Å². The highest BCUT2D eigenvalue weighted by atomic mass is 19.1. The van der Waals surface area contributed by atoms with Crippen LogP contribution in [0.1, 0.15) is 31.2 Å². The van der Waals surface area contributed by atoms with Gasteiger partial charge < -0.3 is 9.84 Å². The smallest absolute Gasteiger partial charge is 0.171 e. The molecular weight excluding hydrogens is 195 g/mol. The minimum atomic E-state index is -0.987. The molecule has 1 aliphatic rings. The molecule has 1 aliphatic carbocycles. The largest absolute Gasteiger partial charge is 0.494 e. The number of rotatable bonds is 2. The molecule has 1 N–H and O–H groups in total. The van der Waals surface area contributed by atoms with E-state index in [1.165, 1.54) is 7.11 Å². The molecule has 2 nitrogen and oxygen atoms in total. The van der Waals surface area contributed by atoms with Crippen molar-refractivity contribution in [3.63, 3.8) is 0 Å². The summed E-state index contributed by atoms with van der Waals surface area (Å²) in [5.74, 6) is -0.225. The molecule has 0 amide bonds. The van der Waals surface area contributed by atoms with Gasteiger partial charge in [-0.05, 0) is 18.9 Å². The molecule has 0 aromatic heterocycles. The Bertz CT molecular complexity index is 357. The normalized spacial score (nSPS) is 19.1. The summed E-state index contributed by atoms with van der Waals surface area (Å²) in [4.78, 5) is 0. The quantitative estimate of drug-likeness (QED) is 0.813. The van der Waals surface area contributed by atoms with Gasteiger partial charge >= 0.3 is 0 Å². The number of hydrogen-bond donors (Lipinski definition) is 1. The van der Waals surface area contributed by atoms with Crippen molar-refractivity contribution in [2.24, 2.45) is 0 Å². The van der Waals surface area contributed by atoms with Crippen LogP contribution in [0, 0.1) is 5.82 Å². The molecule has 15 heavy (non-hydrogen) atoms. The second-order valence-corrected chi connectivity index (χ2v) is 4.06. The Morgan fingerprint density at radius 2 is 2.00 bits per heavy atom. The lowest BCUT2D eigenvalue weighted by molar-refractivity contribution is 0.0403. The van der Waals surface area contributed by atoms with Gasteiger partial charge in [0.15, 0.2) is 11.6 Å². The van der Waals surface area contributed by atoms with Gasteiger partial charge in [0.1, 0.15) is 0 Å². The Morgan fingerprint density at radius 1 is 1.33 bits per heavy atom. The van der Waals surface area contributed by atoms with E-state index < -0.39 is 11.4 Å². The molecule has 0 aliphatic heterocycles. The molecule has 0 radical (unpaired) electrons. The standard InChI is InChI=1S/C12H15FO2/c1-15-10-6-4-5-9(11(10)13)12(14)7-2-3-8-12/h4-6,14H,2-3,7-8H2,1H3. The maximum absolute atomic E-state index is 13.9. The van der Waals surface area contributed by atoms with Gasteiger partial charge in [-0.15, -0.1) is 0 Å². The van der Waals surface area contributed by atoms with Crippen molar-refractivity contribution in [1.29, 1.82) is 0 Å². The van der Waals surface area contributed by atoms with Gasteiger partial charge in [-0.1, -0.05) is 25.0 Å². The molecule has 0 spiro atoms. The van der Waals surface area contributed by atoms with Crippen molar-refractivity contribution in [3.05, 3.63) is 29.6 Å². The third-order valence-electron chi connectivity index (χ3n) is 3.12. The highest BCUT2D eigenvalue weighted by Crippen LogP contribution is 2.41. The average Bonchev–Trinajstić information content (AvgIpc) is 2.66. The van der Waals surface area contributed by atoms with Crippen LogP contribution in [0.25, 0.3) is 0 Å². The van der Waals surface area contributed by atoms with Gasteiger partial charge in [0.25, 0.3) is 0 Å². The minimum absolute atomic E-state index is 0.202. The van der Waals surface area contributed by atoms with E-state index in [0.29, 0.717) is 18.4 Å². The number of hydrogen-bond acceptors (Lipinski definition) is 2. The number of halogens is 1. The fourth-order valence-electron chi connectivity index (χ4n) is 2.26. The summed E-state index contributed by atoms with van der Waals surface area (Å²) >= 11 is 0. The fourth-order valence-corrected chi connectivity index (χ4v) is 2.26. The predicted octanol–water partition coefficient (Wildman–Crippen LogP) is 2.60. The predicted molar refractivity (Wildman–Crippen MR) is 55.3 cm³/mol. The Kier molecular flexibility index (Phi) is 2.65. The van der Waals surface area contributed by atoms with Gasteiger partial charge in [-0.2, -0.15) is 0 Å². The van der Waals surface area contributed by atoms with Crippen LogP contribution >= 0.6 is 0 Å². The van der Waals surface area contributed by atoms with Gasteiger partial charge in [0, 0.05) is 5.56 Å². The molecule has 1 aromatic rings. The molecule has 82 valence electrons. The Morgan fingerprint density at radius 3 is 2.60 bits per heavy atom. The van der Waals surface area contributed by atoms with Crippen LogP contribution in [0.4, 0.5) is 4.39 Å². The van der Waals surface area contributed by atoms with Crippen molar-refractivity contribution in [1.82, 2.24) is 0 Å².